The van der Waals surface area contributed by atoms with Crippen molar-refractivity contribution in [2.75, 3.05) is 19.8 Å². The second-order valence-electron chi connectivity index (χ2n) is 5.39. The van der Waals surface area contributed by atoms with Crippen molar-refractivity contribution in [1.29, 1.82) is 0 Å². The molecule has 0 saturated carbocycles. The van der Waals surface area contributed by atoms with Crippen LogP contribution in [0.1, 0.15) is 17.5 Å². The molecule has 19 heavy (non-hydrogen) atoms. The van der Waals surface area contributed by atoms with Crippen molar-refractivity contribution in [3.8, 4) is 5.75 Å². The summed E-state index contributed by atoms with van der Waals surface area (Å²) < 4.78 is 5.25. The van der Waals surface area contributed by atoms with Crippen LogP contribution < -0.4 is 5.73 Å². The molecule has 0 spiro atoms. The highest BCUT2D eigenvalue weighted by Gasteiger charge is 2.41. The normalized spacial score (nSPS) is 26.3. The van der Waals surface area contributed by atoms with Crippen LogP contribution in [0.3, 0.4) is 0 Å². The van der Waals surface area contributed by atoms with Gasteiger partial charge in [-0.15, -0.1) is 0 Å². The number of hydrogen-bond donors (Lipinski definition) is 2. The van der Waals surface area contributed by atoms with Gasteiger partial charge < -0.3 is 20.5 Å². The molecule has 1 aromatic rings. The Labute approximate surface area is 112 Å². The third kappa shape index (κ3) is 2.19. The largest absolute Gasteiger partial charge is 0.508 e. The summed E-state index contributed by atoms with van der Waals surface area (Å²) in [5, 5.41) is 9.53. The molecule has 1 amide bonds. The second-order valence-corrected chi connectivity index (χ2v) is 5.39. The molecule has 1 aromatic carbocycles. The lowest BCUT2D eigenvalue weighted by Crippen LogP contribution is -2.56. The molecule has 0 aromatic heterocycles. The first kappa shape index (κ1) is 12.4. The summed E-state index contributed by atoms with van der Waals surface area (Å²) in [6.07, 6.45) is 1.38. The van der Waals surface area contributed by atoms with Gasteiger partial charge in [0.15, 0.2) is 0 Å². The third-order valence-corrected chi connectivity index (χ3v) is 3.97. The number of benzene rings is 1. The molecule has 5 nitrogen and oxygen atoms in total. The number of carbonyl (C=O) groups is 1. The average molecular weight is 262 g/mol. The lowest BCUT2D eigenvalue weighted by molar-refractivity contribution is -0.138. The summed E-state index contributed by atoms with van der Waals surface area (Å²) in [5.41, 5.74) is 7.44. The van der Waals surface area contributed by atoms with Crippen molar-refractivity contribution in [3.63, 3.8) is 0 Å². The van der Waals surface area contributed by atoms with Crippen LogP contribution in [-0.4, -0.2) is 41.2 Å². The lowest BCUT2D eigenvalue weighted by atomic mass is 9.94. The second kappa shape index (κ2) is 4.51. The molecular formula is C14H18N2O3. The molecule has 2 aliphatic heterocycles. The zero-order valence-corrected chi connectivity index (χ0v) is 10.8. The Morgan fingerprint density at radius 3 is 3.00 bits per heavy atom. The fourth-order valence-electron chi connectivity index (χ4n) is 2.78. The van der Waals surface area contributed by atoms with Crippen LogP contribution in [0.5, 0.6) is 5.75 Å². The summed E-state index contributed by atoms with van der Waals surface area (Å²) in [5.74, 6) is 0.193. The van der Waals surface area contributed by atoms with Gasteiger partial charge in [0.1, 0.15) is 11.3 Å². The van der Waals surface area contributed by atoms with E-state index < -0.39 is 5.54 Å². The van der Waals surface area contributed by atoms with Crippen LogP contribution in [0.25, 0.3) is 0 Å². The summed E-state index contributed by atoms with van der Waals surface area (Å²) >= 11 is 0. The highest BCUT2D eigenvalue weighted by atomic mass is 16.5. The van der Waals surface area contributed by atoms with Crippen LogP contribution in [-0.2, 0) is 22.5 Å². The molecule has 0 radical (unpaired) electrons. The molecule has 2 heterocycles. The first-order valence-electron chi connectivity index (χ1n) is 6.55. The number of aromatic hydroxyl groups is 1. The molecule has 2 aliphatic rings. The summed E-state index contributed by atoms with van der Waals surface area (Å²) in [6, 6.07) is 5.33. The van der Waals surface area contributed by atoms with E-state index in [0.717, 1.165) is 12.0 Å². The molecular weight excluding hydrogens is 244 g/mol. The van der Waals surface area contributed by atoms with E-state index in [2.05, 4.69) is 0 Å². The molecule has 3 N–H and O–H groups in total. The fourth-order valence-corrected chi connectivity index (χ4v) is 2.78. The van der Waals surface area contributed by atoms with Gasteiger partial charge in [-0.3, -0.25) is 4.79 Å². The standard InChI is InChI=1S/C14H18N2O3/c15-14(4-6-19-9-14)13(18)16-5-3-10-1-2-12(17)7-11(10)8-16/h1-2,7,17H,3-6,8-9,15H2. The Bertz CT molecular complexity index is 509. The maximum atomic E-state index is 12.5. The lowest BCUT2D eigenvalue weighted by Gasteiger charge is -2.34. The fraction of sp³-hybridized carbons (Fsp3) is 0.500. The van der Waals surface area contributed by atoms with Gasteiger partial charge in [-0.05, 0) is 36.1 Å². The number of hydrogen-bond acceptors (Lipinski definition) is 4. The number of amides is 1. The molecule has 1 saturated heterocycles. The first-order valence-corrected chi connectivity index (χ1v) is 6.55. The Morgan fingerprint density at radius 1 is 1.42 bits per heavy atom. The van der Waals surface area contributed by atoms with E-state index in [9.17, 15) is 9.90 Å². The third-order valence-electron chi connectivity index (χ3n) is 3.97. The van der Waals surface area contributed by atoms with Crippen molar-refractivity contribution in [2.45, 2.75) is 24.9 Å². The maximum absolute atomic E-state index is 12.5. The topological polar surface area (TPSA) is 75.8 Å². The number of phenols is 1. The van der Waals surface area contributed by atoms with E-state index in [4.69, 9.17) is 10.5 Å². The smallest absolute Gasteiger partial charge is 0.245 e. The number of fused-ring (bicyclic) bond motifs is 1. The van der Waals surface area contributed by atoms with Crippen LogP contribution in [0.2, 0.25) is 0 Å². The number of rotatable bonds is 1. The van der Waals surface area contributed by atoms with Gasteiger partial charge in [-0.2, -0.15) is 0 Å². The van der Waals surface area contributed by atoms with Crippen molar-refractivity contribution < 1.29 is 14.6 Å². The van der Waals surface area contributed by atoms with Crippen LogP contribution in [0.15, 0.2) is 18.2 Å². The molecule has 102 valence electrons. The minimum absolute atomic E-state index is 0.0426. The molecule has 3 rings (SSSR count). The number of phenolic OH excluding ortho intramolecular Hbond substituents is 1. The van der Waals surface area contributed by atoms with Crippen LogP contribution in [0, 0.1) is 0 Å². The van der Waals surface area contributed by atoms with E-state index >= 15 is 0 Å². The van der Waals surface area contributed by atoms with Crippen LogP contribution in [0.4, 0.5) is 0 Å². The van der Waals surface area contributed by atoms with E-state index in [-0.39, 0.29) is 11.7 Å². The van der Waals surface area contributed by atoms with Gasteiger partial charge >= 0.3 is 0 Å². The minimum Gasteiger partial charge on any atom is -0.508 e. The van der Waals surface area contributed by atoms with Crippen molar-refractivity contribution in [3.05, 3.63) is 29.3 Å². The number of carbonyl (C=O) groups excluding carboxylic acids is 1. The molecule has 1 atom stereocenters. The van der Waals surface area contributed by atoms with Gasteiger partial charge in [-0.25, -0.2) is 0 Å². The van der Waals surface area contributed by atoms with Crippen LogP contribution >= 0.6 is 0 Å². The highest BCUT2D eigenvalue weighted by molar-refractivity contribution is 5.86. The van der Waals surface area contributed by atoms with Crippen molar-refractivity contribution in [2.24, 2.45) is 5.73 Å². The zero-order chi connectivity index (χ0) is 13.5. The summed E-state index contributed by atoms with van der Waals surface area (Å²) in [4.78, 5) is 14.2. The van der Waals surface area contributed by atoms with Crippen molar-refractivity contribution >= 4 is 5.91 Å². The van der Waals surface area contributed by atoms with E-state index in [1.54, 1.807) is 17.0 Å². The van der Waals surface area contributed by atoms with Crippen molar-refractivity contribution in [1.82, 2.24) is 4.90 Å². The summed E-state index contributed by atoms with van der Waals surface area (Å²) in [6.45, 7) is 2.04. The monoisotopic (exact) mass is 262 g/mol. The predicted octanol–water partition coefficient (Wildman–Crippen LogP) is 0.395. The highest BCUT2D eigenvalue weighted by Crippen LogP contribution is 2.26. The molecule has 0 aliphatic carbocycles. The first-order chi connectivity index (χ1) is 9.08. The van der Waals surface area contributed by atoms with Gasteiger partial charge in [0.05, 0.1) is 6.61 Å². The Balaban J connectivity index is 1.80. The maximum Gasteiger partial charge on any atom is 0.245 e. The Kier molecular flexibility index (Phi) is 2.95. The number of nitrogens with zero attached hydrogens (tertiary/aromatic N) is 1. The number of ether oxygens (including phenoxy) is 1. The molecule has 1 unspecified atom stereocenters. The zero-order valence-electron chi connectivity index (χ0n) is 10.8. The molecule has 0 bridgehead atoms. The van der Waals surface area contributed by atoms with Gasteiger partial charge in [-0.1, -0.05) is 6.07 Å². The minimum atomic E-state index is -0.867. The van der Waals surface area contributed by atoms with Gasteiger partial charge in [0.25, 0.3) is 0 Å². The predicted molar refractivity (Wildman–Crippen MR) is 69.6 cm³/mol. The number of nitrogens with two attached hydrogens (primary N) is 1. The average Bonchev–Trinajstić information content (AvgIpc) is 2.85. The molecule has 1 fully saturated rings. The van der Waals surface area contributed by atoms with Gasteiger partial charge in [0.2, 0.25) is 5.91 Å². The molecule has 5 heteroatoms. The van der Waals surface area contributed by atoms with Gasteiger partial charge in [0, 0.05) is 19.7 Å². The Hall–Kier alpha value is -1.59. The van der Waals surface area contributed by atoms with E-state index in [1.165, 1.54) is 5.56 Å². The summed E-state index contributed by atoms with van der Waals surface area (Å²) in [7, 11) is 0. The van der Waals surface area contributed by atoms with E-state index in [1.807, 2.05) is 6.07 Å². The Morgan fingerprint density at radius 2 is 2.26 bits per heavy atom. The quantitative estimate of drug-likeness (QED) is 0.768. The SMILES string of the molecule is NC1(C(=O)N2CCc3ccc(O)cc3C2)CCOC1. The van der Waals surface area contributed by atoms with E-state index in [0.29, 0.717) is 32.7 Å².